The van der Waals surface area contributed by atoms with Gasteiger partial charge in [0.2, 0.25) is 5.43 Å². The van der Waals surface area contributed by atoms with E-state index in [1.165, 1.54) is 0 Å². The first-order valence-electron chi connectivity index (χ1n) is 6.99. The Bertz CT molecular complexity index is 794. The standard InChI is InChI=1S/C15H16FN3O3/c1-18-2-4-19(5-3-18)13-7-12-9(6-11(13)16)14(20)10(8-17-12)15(21)22/h6-8H,2-5H2,1H3,(H,17,20)(H,21,22). The smallest absolute Gasteiger partial charge is 0.341 e. The average molecular weight is 305 g/mol. The minimum Gasteiger partial charge on any atom is -0.477 e. The normalized spacial score (nSPS) is 16.2. The molecular weight excluding hydrogens is 289 g/mol. The number of aromatic nitrogens is 1. The van der Waals surface area contributed by atoms with Crippen LogP contribution in [0.5, 0.6) is 0 Å². The number of pyridine rings is 1. The van der Waals surface area contributed by atoms with Crippen LogP contribution in [0, 0.1) is 5.82 Å². The lowest BCUT2D eigenvalue weighted by Gasteiger charge is -2.34. The summed E-state index contributed by atoms with van der Waals surface area (Å²) in [5.74, 6) is -1.84. The van der Waals surface area contributed by atoms with Crippen molar-refractivity contribution in [3.05, 3.63) is 39.9 Å². The summed E-state index contributed by atoms with van der Waals surface area (Å²) in [5, 5.41) is 9.00. The predicted octanol–water partition coefficient (Wildman–Crippen LogP) is 1.12. The Morgan fingerprint density at radius 1 is 1.27 bits per heavy atom. The topological polar surface area (TPSA) is 76.6 Å². The summed E-state index contributed by atoms with van der Waals surface area (Å²) >= 11 is 0. The molecule has 2 N–H and O–H groups in total. The van der Waals surface area contributed by atoms with Gasteiger partial charge in [-0.2, -0.15) is 0 Å². The third-order valence-corrected chi connectivity index (χ3v) is 4.02. The SMILES string of the molecule is CN1CCN(c2cc3[nH]cc(C(=O)O)c(=O)c3cc2F)CC1. The maximum absolute atomic E-state index is 14.4. The fourth-order valence-corrected chi connectivity index (χ4v) is 2.68. The van der Waals surface area contributed by atoms with E-state index in [0.29, 0.717) is 24.3 Å². The molecule has 0 amide bonds. The minimum atomic E-state index is -1.33. The summed E-state index contributed by atoms with van der Waals surface area (Å²) in [7, 11) is 2.01. The zero-order chi connectivity index (χ0) is 15.9. The second-order valence-corrected chi connectivity index (χ2v) is 5.48. The molecule has 116 valence electrons. The first kappa shape index (κ1) is 14.5. The molecule has 3 rings (SSSR count). The van der Waals surface area contributed by atoms with Crippen molar-refractivity contribution in [1.29, 1.82) is 0 Å². The number of fused-ring (bicyclic) bond motifs is 1. The molecule has 6 nitrogen and oxygen atoms in total. The molecule has 1 aromatic heterocycles. The maximum Gasteiger partial charge on any atom is 0.341 e. The Morgan fingerprint density at radius 3 is 2.59 bits per heavy atom. The number of benzene rings is 1. The highest BCUT2D eigenvalue weighted by molar-refractivity contribution is 5.93. The number of rotatable bonds is 2. The van der Waals surface area contributed by atoms with Crippen LogP contribution >= 0.6 is 0 Å². The van der Waals surface area contributed by atoms with Crippen LogP contribution in [0.4, 0.5) is 10.1 Å². The molecule has 0 atom stereocenters. The van der Waals surface area contributed by atoms with Gasteiger partial charge in [-0.1, -0.05) is 0 Å². The van der Waals surface area contributed by atoms with E-state index in [-0.39, 0.29) is 10.9 Å². The summed E-state index contributed by atoms with van der Waals surface area (Å²) < 4.78 is 14.4. The number of piperazine rings is 1. The molecule has 1 fully saturated rings. The molecule has 0 radical (unpaired) electrons. The van der Waals surface area contributed by atoms with Crippen LogP contribution in [0.15, 0.2) is 23.1 Å². The van der Waals surface area contributed by atoms with E-state index in [9.17, 15) is 14.0 Å². The van der Waals surface area contributed by atoms with Crippen molar-refractivity contribution in [2.75, 3.05) is 38.1 Å². The van der Waals surface area contributed by atoms with Crippen LogP contribution in [0.3, 0.4) is 0 Å². The fraction of sp³-hybridized carbons (Fsp3) is 0.333. The molecule has 7 heteroatoms. The summed E-state index contributed by atoms with van der Waals surface area (Å²) in [6, 6.07) is 2.69. The Hall–Kier alpha value is -2.41. The second-order valence-electron chi connectivity index (χ2n) is 5.48. The number of anilines is 1. The number of aromatic carboxylic acids is 1. The number of likely N-dealkylation sites (N-methyl/N-ethyl adjacent to an activating group) is 1. The number of nitrogens with zero attached hydrogens (tertiary/aromatic N) is 2. The Morgan fingerprint density at radius 2 is 1.95 bits per heavy atom. The lowest BCUT2D eigenvalue weighted by Crippen LogP contribution is -2.44. The van der Waals surface area contributed by atoms with Gasteiger partial charge in [0.05, 0.1) is 11.2 Å². The highest BCUT2D eigenvalue weighted by atomic mass is 19.1. The van der Waals surface area contributed by atoms with Gasteiger partial charge in [0, 0.05) is 37.8 Å². The molecule has 0 bridgehead atoms. The lowest BCUT2D eigenvalue weighted by molar-refractivity contribution is 0.0695. The zero-order valence-corrected chi connectivity index (χ0v) is 12.1. The molecule has 0 aliphatic carbocycles. The van der Waals surface area contributed by atoms with Crippen LogP contribution in [0.2, 0.25) is 0 Å². The van der Waals surface area contributed by atoms with E-state index in [1.54, 1.807) is 6.07 Å². The van der Waals surface area contributed by atoms with Crippen molar-refractivity contribution in [1.82, 2.24) is 9.88 Å². The molecule has 2 heterocycles. The van der Waals surface area contributed by atoms with Gasteiger partial charge in [-0.15, -0.1) is 0 Å². The Labute approximate surface area is 125 Å². The van der Waals surface area contributed by atoms with Crippen molar-refractivity contribution >= 4 is 22.6 Å². The van der Waals surface area contributed by atoms with Gasteiger partial charge in [-0.25, -0.2) is 9.18 Å². The van der Waals surface area contributed by atoms with E-state index >= 15 is 0 Å². The van der Waals surface area contributed by atoms with Crippen molar-refractivity contribution < 1.29 is 14.3 Å². The highest BCUT2D eigenvalue weighted by Gasteiger charge is 2.19. The Kier molecular flexibility index (Phi) is 3.58. The van der Waals surface area contributed by atoms with Crippen LogP contribution in [-0.4, -0.2) is 54.2 Å². The molecule has 0 unspecified atom stereocenters. The molecule has 2 aromatic rings. The van der Waals surface area contributed by atoms with Gasteiger partial charge in [-0.05, 0) is 19.2 Å². The molecule has 0 saturated carbocycles. The van der Waals surface area contributed by atoms with E-state index in [2.05, 4.69) is 9.88 Å². The van der Waals surface area contributed by atoms with Crippen molar-refractivity contribution in [3.63, 3.8) is 0 Å². The van der Waals surface area contributed by atoms with Gasteiger partial charge in [0.25, 0.3) is 0 Å². The third-order valence-electron chi connectivity index (χ3n) is 4.02. The van der Waals surface area contributed by atoms with Crippen LogP contribution in [0.25, 0.3) is 10.9 Å². The molecule has 0 spiro atoms. The predicted molar refractivity (Wildman–Crippen MR) is 81.2 cm³/mol. The summed E-state index contributed by atoms with van der Waals surface area (Å²) in [6.07, 6.45) is 1.15. The lowest BCUT2D eigenvalue weighted by atomic mass is 10.1. The van der Waals surface area contributed by atoms with E-state index in [0.717, 1.165) is 25.4 Å². The number of nitrogens with one attached hydrogen (secondary N) is 1. The quantitative estimate of drug-likeness (QED) is 0.869. The van der Waals surface area contributed by atoms with Gasteiger partial charge in [0.1, 0.15) is 11.4 Å². The maximum atomic E-state index is 14.4. The molecule has 1 aliphatic heterocycles. The second kappa shape index (κ2) is 5.42. The van der Waals surface area contributed by atoms with Gasteiger partial charge >= 0.3 is 5.97 Å². The number of hydrogen-bond acceptors (Lipinski definition) is 4. The molecule has 1 aliphatic rings. The van der Waals surface area contributed by atoms with Gasteiger partial charge < -0.3 is 19.9 Å². The van der Waals surface area contributed by atoms with Gasteiger partial charge in [0.15, 0.2) is 0 Å². The number of halogens is 1. The fourth-order valence-electron chi connectivity index (χ4n) is 2.68. The largest absolute Gasteiger partial charge is 0.477 e. The van der Waals surface area contributed by atoms with E-state index in [1.807, 2.05) is 11.9 Å². The van der Waals surface area contributed by atoms with Crippen molar-refractivity contribution in [2.45, 2.75) is 0 Å². The number of H-pyrrole nitrogens is 1. The number of carboxylic acids is 1. The first-order chi connectivity index (χ1) is 10.5. The highest BCUT2D eigenvalue weighted by Crippen LogP contribution is 2.24. The summed E-state index contributed by atoms with van der Waals surface area (Å²) in [5.41, 5.74) is -0.200. The third kappa shape index (κ3) is 2.43. The van der Waals surface area contributed by atoms with Crippen molar-refractivity contribution in [3.8, 4) is 0 Å². The van der Waals surface area contributed by atoms with Crippen LogP contribution in [0.1, 0.15) is 10.4 Å². The minimum absolute atomic E-state index is 0.0512. The Balaban J connectivity index is 2.08. The number of carboxylic acid groups (broad SMARTS) is 1. The summed E-state index contributed by atoms with van der Waals surface area (Å²) in [4.78, 5) is 29.9. The summed E-state index contributed by atoms with van der Waals surface area (Å²) in [6.45, 7) is 3.09. The van der Waals surface area contributed by atoms with E-state index in [4.69, 9.17) is 5.11 Å². The van der Waals surface area contributed by atoms with E-state index < -0.39 is 17.2 Å². The molecule has 1 aromatic carbocycles. The zero-order valence-electron chi connectivity index (χ0n) is 12.1. The molecular formula is C15H16FN3O3. The van der Waals surface area contributed by atoms with Crippen LogP contribution in [-0.2, 0) is 0 Å². The average Bonchev–Trinajstić information content (AvgIpc) is 2.48. The molecule has 1 saturated heterocycles. The van der Waals surface area contributed by atoms with Crippen LogP contribution < -0.4 is 10.3 Å². The first-order valence-corrected chi connectivity index (χ1v) is 6.99. The number of carbonyl (C=O) groups is 1. The molecule has 22 heavy (non-hydrogen) atoms. The monoisotopic (exact) mass is 305 g/mol. The number of hydrogen-bond donors (Lipinski definition) is 2. The van der Waals surface area contributed by atoms with Crippen molar-refractivity contribution in [2.24, 2.45) is 0 Å². The number of aromatic amines is 1. The van der Waals surface area contributed by atoms with Gasteiger partial charge in [-0.3, -0.25) is 4.79 Å².